The highest BCUT2D eigenvalue weighted by Gasteiger charge is 2.25. The van der Waals surface area contributed by atoms with Gasteiger partial charge in [-0.05, 0) is 50.3 Å². The average molecular weight is 248 g/mol. The molecule has 96 valence electrons. The lowest BCUT2D eigenvalue weighted by Gasteiger charge is -2.25. The second kappa shape index (κ2) is 4.69. The molecule has 3 rings (SSSR count). The Hall–Kier alpha value is -1.42. The van der Waals surface area contributed by atoms with Crippen molar-refractivity contribution in [1.82, 2.24) is 4.98 Å². The molecule has 1 aromatic carbocycles. The molecule has 2 N–H and O–H groups in total. The SMILES string of the molecule is NCC1CCC(c2nc3c(F)cccc3o2)CC1. The van der Waals surface area contributed by atoms with Gasteiger partial charge < -0.3 is 10.2 Å². The van der Waals surface area contributed by atoms with Gasteiger partial charge in [-0.15, -0.1) is 0 Å². The molecule has 1 heterocycles. The van der Waals surface area contributed by atoms with Crippen molar-refractivity contribution in [1.29, 1.82) is 0 Å². The van der Waals surface area contributed by atoms with Gasteiger partial charge in [-0.25, -0.2) is 9.37 Å². The zero-order valence-electron chi connectivity index (χ0n) is 10.2. The molecule has 0 atom stereocenters. The van der Waals surface area contributed by atoms with Crippen LogP contribution >= 0.6 is 0 Å². The normalized spacial score (nSPS) is 24.6. The molecule has 0 bridgehead atoms. The van der Waals surface area contributed by atoms with E-state index in [9.17, 15) is 4.39 Å². The van der Waals surface area contributed by atoms with Crippen molar-refractivity contribution in [3.05, 3.63) is 29.9 Å². The number of benzene rings is 1. The van der Waals surface area contributed by atoms with Crippen LogP contribution in [0.5, 0.6) is 0 Å². The molecule has 0 saturated heterocycles. The number of para-hydroxylation sites is 1. The minimum absolute atomic E-state index is 0.307. The number of nitrogens with two attached hydrogens (primary N) is 1. The largest absolute Gasteiger partial charge is 0.440 e. The van der Waals surface area contributed by atoms with E-state index in [0.29, 0.717) is 28.8 Å². The Labute approximate surface area is 105 Å². The lowest BCUT2D eigenvalue weighted by atomic mass is 9.82. The second-order valence-electron chi connectivity index (χ2n) is 5.09. The molecule has 1 aromatic heterocycles. The molecule has 0 radical (unpaired) electrons. The van der Waals surface area contributed by atoms with E-state index >= 15 is 0 Å². The summed E-state index contributed by atoms with van der Waals surface area (Å²) in [7, 11) is 0. The van der Waals surface area contributed by atoms with Crippen molar-refractivity contribution in [2.24, 2.45) is 11.7 Å². The van der Waals surface area contributed by atoms with E-state index in [2.05, 4.69) is 4.98 Å². The molecule has 1 fully saturated rings. The quantitative estimate of drug-likeness (QED) is 0.887. The number of hydrogen-bond donors (Lipinski definition) is 1. The van der Waals surface area contributed by atoms with Gasteiger partial charge in [0.2, 0.25) is 0 Å². The van der Waals surface area contributed by atoms with E-state index in [0.717, 1.165) is 32.2 Å². The maximum absolute atomic E-state index is 13.5. The molecule has 3 nitrogen and oxygen atoms in total. The molecule has 1 saturated carbocycles. The summed E-state index contributed by atoms with van der Waals surface area (Å²) in [6, 6.07) is 4.83. The summed E-state index contributed by atoms with van der Waals surface area (Å²) < 4.78 is 19.2. The van der Waals surface area contributed by atoms with Crippen molar-refractivity contribution in [3.63, 3.8) is 0 Å². The van der Waals surface area contributed by atoms with Crippen molar-refractivity contribution >= 4 is 11.1 Å². The van der Waals surface area contributed by atoms with Gasteiger partial charge in [0.15, 0.2) is 17.3 Å². The van der Waals surface area contributed by atoms with Gasteiger partial charge in [-0.3, -0.25) is 0 Å². The van der Waals surface area contributed by atoms with Crippen molar-refractivity contribution in [2.75, 3.05) is 6.54 Å². The van der Waals surface area contributed by atoms with Crippen LogP contribution in [-0.2, 0) is 0 Å². The topological polar surface area (TPSA) is 52.0 Å². The molecule has 2 aromatic rings. The third-order valence-corrected chi connectivity index (χ3v) is 3.92. The standard InChI is InChI=1S/C14H17FN2O/c15-11-2-1-3-12-13(11)17-14(18-12)10-6-4-9(8-16)5-7-10/h1-3,9-10H,4-8,16H2. The van der Waals surface area contributed by atoms with E-state index in [1.54, 1.807) is 12.1 Å². The molecule has 4 heteroatoms. The van der Waals surface area contributed by atoms with Gasteiger partial charge >= 0.3 is 0 Å². The van der Waals surface area contributed by atoms with E-state index < -0.39 is 0 Å². The molecule has 0 aliphatic heterocycles. The van der Waals surface area contributed by atoms with E-state index in [-0.39, 0.29) is 5.82 Å². The highest BCUT2D eigenvalue weighted by atomic mass is 19.1. The summed E-state index contributed by atoms with van der Waals surface area (Å²) in [5, 5.41) is 0. The van der Waals surface area contributed by atoms with Gasteiger partial charge in [-0.1, -0.05) is 6.07 Å². The van der Waals surface area contributed by atoms with Crippen molar-refractivity contribution in [2.45, 2.75) is 31.6 Å². The number of hydrogen-bond acceptors (Lipinski definition) is 3. The minimum atomic E-state index is -0.307. The van der Waals surface area contributed by atoms with E-state index in [1.165, 1.54) is 6.07 Å². The van der Waals surface area contributed by atoms with Gasteiger partial charge in [0.1, 0.15) is 5.52 Å². The number of fused-ring (bicyclic) bond motifs is 1. The minimum Gasteiger partial charge on any atom is -0.440 e. The van der Waals surface area contributed by atoms with Gasteiger partial charge in [-0.2, -0.15) is 0 Å². The molecule has 1 aliphatic rings. The number of oxazole rings is 1. The Morgan fingerprint density at radius 2 is 2.06 bits per heavy atom. The fourth-order valence-corrected chi connectivity index (χ4v) is 2.75. The predicted molar refractivity (Wildman–Crippen MR) is 67.7 cm³/mol. The Morgan fingerprint density at radius 1 is 1.28 bits per heavy atom. The zero-order chi connectivity index (χ0) is 12.5. The van der Waals surface area contributed by atoms with Crippen LogP contribution < -0.4 is 5.73 Å². The lowest BCUT2D eigenvalue weighted by molar-refractivity contribution is 0.301. The number of aromatic nitrogens is 1. The fraction of sp³-hybridized carbons (Fsp3) is 0.500. The first-order valence-corrected chi connectivity index (χ1v) is 6.53. The number of nitrogens with zero attached hydrogens (tertiary/aromatic N) is 1. The van der Waals surface area contributed by atoms with Gasteiger partial charge in [0.25, 0.3) is 0 Å². The number of rotatable bonds is 2. The van der Waals surface area contributed by atoms with Crippen LogP contribution in [0.15, 0.2) is 22.6 Å². The highest BCUT2D eigenvalue weighted by Crippen LogP contribution is 2.36. The summed E-state index contributed by atoms with van der Waals surface area (Å²) in [5.41, 5.74) is 6.58. The summed E-state index contributed by atoms with van der Waals surface area (Å²) in [6.45, 7) is 0.759. The Morgan fingerprint density at radius 3 is 2.72 bits per heavy atom. The third kappa shape index (κ3) is 2.01. The predicted octanol–water partition coefficient (Wildman–Crippen LogP) is 3.20. The maximum atomic E-state index is 13.5. The lowest BCUT2D eigenvalue weighted by Crippen LogP contribution is -2.20. The molecule has 0 unspecified atom stereocenters. The Kier molecular flexibility index (Phi) is 3.04. The maximum Gasteiger partial charge on any atom is 0.198 e. The second-order valence-corrected chi connectivity index (χ2v) is 5.09. The Bertz CT molecular complexity index is 544. The molecule has 0 amide bonds. The van der Waals surface area contributed by atoms with Gasteiger partial charge in [0.05, 0.1) is 0 Å². The summed E-state index contributed by atoms with van der Waals surface area (Å²) >= 11 is 0. The molecular weight excluding hydrogens is 231 g/mol. The summed E-state index contributed by atoms with van der Waals surface area (Å²) in [5.74, 6) is 1.32. The van der Waals surface area contributed by atoms with E-state index in [4.69, 9.17) is 10.2 Å². The third-order valence-electron chi connectivity index (χ3n) is 3.92. The first-order chi connectivity index (χ1) is 8.78. The zero-order valence-corrected chi connectivity index (χ0v) is 10.2. The van der Waals surface area contributed by atoms with Crippen LogP contribution in [0.1, 0.15) is 37.5 Å². The van der Waals surface area contributed by atoms with Crippen LogP contribution in [0, 0.1) is 11.7 Å². The first kappa shape index (κ1) is 11.7. The average Bonchev–Trinajstić information content (AvgIpc) is 2.84. The van der Waals surface area contributed by atoms with Crippen LogP contribution in [-0.4, -0.2) is 11.5 Å². The summed E-state index contributed by atoms with van der Waals surface area (Å²) in [4.78, 5) is 4.31. The molecular formula is C14H17FN2O. The Balaban J connectivity index is 1.85. The van der Waals surface area contributed by atoms with Crippen LogP contribution in [0.3, 0.4) is 0 Å². The van der Waals surface area contributed by atoms with E-state index in [1.807, 2.05) is 0 Å². The number of halogens is 1. The van der Waals surface area contributed by atoms with Crippen LogP contribution in [0.25, 0.3) is 11.1 Å². The molecule has 1 aliphatic carbocycles. The highest BCUT2D eigenvalue weighted by molar-refractivity contribution is 5.73. The fourth-order valence-electron chi connectivity index (χ4n) is 2.75. The van der Waals surface area contributed by atoms with Crippen molar-refractivity contribution in [3.8, 4) is 0 Å². The monoisotopic (exact) mass is 248 g/mol. The summed E-state index contributed by atoms with van der Waals surface area (Å²) in [6.07, 6.45) is 4.30. The first-order valence-electron chi connectivity index (χ1n) is 6.53. The van der Waals surface area contributed by atoms with Crippen molar-refractivity contribution < 1.29 is 8.81 Å². The van der Waals surface area contributed by atoms with Crippen LogP contribution in [0.2, 0.25) is 0 Å². The van der Waals surface area contributed by atoms with Crippen LogP contribution in [0.4, 0.5) is 4.39 Å². The molecule has 18 heavy (non-hydrogen) atoms. The molecule has 0 spiro atoms. The van der Waals surface area contributed by atoms with Gasteiger partial charge in [0, 0.05) is 5.92 Å². The smallest absolute Gasteiger partial charge is 0.198 e.